The highest BCUT2D eigenvalue weighted by molar-refractivity contribution is 5.79. The van der Waals surface area contributed by atoms with Gasteiger partial charge in [0.1, 0.15) is 11.9 Å². The van der Waals surface area contributed by atoms with Crippen LogP contribution in [0.5, 0.6) is 23.0 Å². The maximum absolute atomic E-state index is 5.95. The molecule has 0 amide bonds. The first-order valence-electron chi connectivity index (χ1n) is 9.98. The molecular weight excluding hydrogens is 382 g/mol. The van der Waals surface area contributed by atoms with Crippen molar-refractivity contribution in [2.24, 2.45) is 4.99 Å². The number of hydrogen-bond donors (Lipinski definition) is 2. The van der Waals surface area contributed by atoms with Gasteiger partial charge in [0.2, 0.25) is 5.75 Å². The molecule has 0 saturated heterocycles. The van der Waals surface area contributed by atoms with E-state index in [1.807, 2.05) is 37.3 Å². The summed E-state index contributed by atoms with van der Waals surface area (Å²) in [6, 6.07) is 11.9. The van der Waals surface area contributed by atoms with E-state index in [0.717, 1.165) is 17.7 Å². The SMILES string of the molecule is CN=C(NCCc1ccc(OC)c(OC)c1OC)NCC(C)Oc1cccc(C)c1. The fraction of sp³-hybridized carbons (Fsp3) is 0.435. The summed E-state index contributed by atoms with van der Waals surface area (Å²) in [6.07, 6.45) is 0.732. The lowest BCUT2D eigenvalue weighted by Crippen LogP contribution is -2.42. The average Bonchev–Trinajstić information content (AvgIpc) is 2.75. The first kappa shape index (κ1) is 23.2. The zero-order valence-electron chi connectivity index (χ0n) is 18.7. The molecule has 1 unspecified atom stereocenters. The van der Waals surface area contributed by atoms with E-state index >= 15 is 0 Å². The third kappa shape index (κ3) is 6.47. The standard InChI is InChI=1S/C23H33N3O4/c1-16-8-7-9-19(14-16)30-17(2)15-26-23(24-3)25-13-12-18-10-11-20(27-4)22(29-6)21(18)28-5/h7-11,14,17H,12-13,15H2,1-6H3,(H2,24,25,26). The van der Waals surface area contributed by atoms with Gasteiger partial charge in [-0.05, 0) is 44.0 Å². The maximum atomic E-state index is 5.95. The molecule has 0 spiro atoms. The largest absolute Gasteiger partial charge is 0.493 e. The lowest BCUT2D eigenvalue weighted by molar-refractivity contribution is 0.223. The molecule has 0 aliphatic rings. The number of ether oxygens (including phenoxy) is 4. The highest BCUT2D eigenvalue weighted by Gasteiger charge is 2.15. The fourth-order valence-electron chi connectivity index (χ4n) is 3.10. The minimum Gasteiger partial charge on any atom is -0.493 e. The molecule has 164 valence electrons. The Balaban J connectivity index is 1.86. The summed E-state index contributed by atoms with van der Waals surface area (Å²) in [5.41, 5.74) is 2.20. The van der Waals surface area contributed by atoms with Crippen molar-refractivity contribution in [2.45, 2.75) is 26.4 Å². The van der Waals surface area contributed by atoms with Gasteiger partial charge in [0.05, 0.1) is 27.9 Å². The molecule has 0 saturated carbocycles. The van der Waals surface area contributed by atoms with Crippen LogP contribution in [0.25, 0.3) is 0 Å². The van der Waals surface area contributed by atoms with Crippen molar-refractivity contribution in [1.29, 1.82) is 0 Å². The average molecular weight is 416 g/mol. The first-order chi connectivity index (χ1) is 14.5. The molecule has 0 aromatic heterocycles. The molecule has 2 aromatic rings. The molecule has 0 fully saturated rings. The molecule has 2 N–H and O–H groups in total. The van der Waals surface area contributed by atoms with E-state index < -0.39 is 0 Å². The van der Waals surface area contributed by atoms with Crippen LogP contribution < -0.4 is 29.6 Å². The monoisotopic (exact) mass is 415 g/mol. The summed E-state index contributed by atoms with van der Waals surface area (Å²) >= 11 is 0. The number of nitrogens with one attached hydrogen (secondary N) is 2. The van der Waals surface area contributed by atoms with E-state index in [9.17, 15) is 0 Å². The summed E-state index contributed by atoms with van der Waals surface area (Å²) in [4.78, 5) is 4.28. The number of hydrogen-bond acceptors (Lipinski definition) is 5. The van der Waals surface area contributed by atoms with Gasteiger partial charge >= 0.3 is 0 Å². The normalized spacial score (nSPS) is 12.1. The molecule has 2 rings (SSSR count). The molecule has 2 aromatic carbocycles. The summed E-state index contributed by atoms with van der Waals surface area (Å²) in [5, 5.41) is 6.62. The van der Waals surface area contributed by atoms with Crippen LogP contribution in [0.4, 0.5) is 0 Å². The lowest BCUT2D eigenvalue weighted by Gasteiger charge is -2.19. The van der Waals surface area contributed by atoms with Gasteiger partial charge in [-0.15, -0.1) is 0 Å². The number of guanidine groups is 1. The Morgan fingerprint density at radius 3 is 2.40 bits per heavy atom. The van der Waals surface area contributed by atoms with E-state index in [-0.39, 0.29) is 6.10 Å². The molecule has 0 bridgehead atoms. The van der Waals surface area contributed by atoms with Crippen molar-refractivity contribution in [3.63, 3.8) is 0 Å². The van der Waals surface area contributed by atoms with Gasteiger partial charge in [0, 0.05) is 19.2 Å². The van der Waals surface area contributed by atoms with E-state index in [2.05, 4.69) is 28.6 Å². The fourth-order valence-corrected chi connectivity index (χ4v) is 3.10. The Kier molecular flexibility index (Phi) is 9.12. The van der Waals surface area contributed by atoms with Crippen LogP contribution in [-0.2, 0) is 6.42 Å². The zero-order chi connectivity index (χ0) is 21.9. The van der Waals surface area contributed by atoms with Crippen LogP contribution >= 0.6 is 0 Å². The Hall–Kier alpha value is -3.09. The molecular formula is C23H33N3O4. The van der Waals surface area contributed by atoms with Gasteiger partial charge in [-0.1, -0.05) is 18.2 Å². The van der Waals surface area contributed by atoms with Crippen LogP contribution in [0.1, 0.15) is 18.1 Å². The zero-order valence-corrected chi connectivity index (χ0v) is 18.7. The van der Waals surface area contributed by atoms with Crippen LogP contribution in [-0.4, -0.2) is 53.5 Å². The molecule has 7 heteroatoms. The van der Waals surface area contributed by atoms with Gasteiger partial charge in [-0.2, -0.15) is 0 Å². The van der Waals surface area contributed by atoms with Crippen molar-refractivity contribution in [2.75, 3.05) is 41.5 Å². The van der Waals surface area contributed by atoms with Gasteiger partial charge in [-0.25, -0.2) is 0 Å². The second kappa shape index (κ2) is 11.8. The first-order valence-corrected chi connectivity index (χ1v) is 9.98. The predicted molar refractivity (Wildman–Crippen MR) is 120 cm³/mol. The highest BCUT2D eigenvalue weighted by atomic mass is 16.5. The summed E-state index contributed by atoms with van der Waals surface area (Å²) < 4.78 is 22.3. The molecule has 0 radical (unpaired) electrons. The summed E-state index contributed by atoms with van der Waals surface area (Å²) in [5.74, 6) is 3.51. The number of aryl methyl sites for hydroxylation is 1. The van der Waals surface area contributed by atoms with Gasteiger partial charge < -0.3 is 29.6 Å². The molecule has 7 nitrogen and oxygen atoms in total. The van der Waals surface area contributed by atoms with Crippen LogP contribution in [0.15, 0.2) is 41.4 Å². The van der Waals surface area contributed by atoms with E-state index in [0.29, 0.717) is 36.3 Å². The van der Waals surface area contributed by atoms with E-state index in [1.165, 1.54) is 5.56 Å². The maximum Gasteiger partial charge on any atom is 0.203 e. The van der Waals surface area contributed by atoms with Crippen LogP contribution in [0, 0.1) is 6.92 Å². The second-order valence-electron chi connectivity index (χ2n) is 6.87. The van der Waals surface area contributed by atoms with E-state index in [1.54, 1.807) is 28.4 Å². The van der Waals surface area contributed by atoms with Gasteiger partial charge in [0.15, 0.2) is 17.5 Å². The minimum absolute atomic E-state index is 0.00343. The van der Waals surface area contributed by atoms with Crippen LogP contribution in [0.2, 0.25) is 0 Å². The molecule has 30 heavy (non-hydrogen) atoms. The molecule has 0 aliphatic carbocycles. The Labute approximate surface area is 179 Å². The van der Waals surface area contributed by atoms with Crippen molar-refractivity contribution in [3.8, 4) is 23.0 Å². The molecule has 0 heterocycles. The summed E-state index contributed by atoms with van der Waals surface area (Å²) in [6.45, 7) is 5.39. The lowest BCUT2D eigenvalue weighted by atomic mass is 10.1. The Morgan fingerprint density at radius 2 is 1.77 bits per heavy atom. The highest BCUT2D eigenvalue weighted by Crippen LogP contribution is 2.39. The topological polar surface area (TPSA) is 73.3 Å². The van der Waals surface area contributed by atoms with Crippen molar-refractivity contribution in [3.05, 3.63) is 47.5 Å². The quantitative estimate of drug-likeness (QED) is 0.459. The van der Waals surface area contributed by atoms with Gasteiger partial charge in [0.25, 0.3) is 0 Å². The smallest absolute Gasteiger partial charge is 0.203 e. The van der Waals surface area contributed by atoms with Gasteiger partial charge in [-0.3, -0.25) is 4.99 Å². The Bertz CT molecular complexity index is 839. The van der Waals surface area contributed by atoms with Crippen molar-refractivity contribution < 1.29 is 18.9 Å². The number of aliphatic imine (C=N–C) groups is 1. The van der Waals surface area contributed by atoms with Crippen molar-refractivity contribution in [1.82, 2.24) is 10.6 Å². The third-order valence-electron chi connectivity index (χ3n) is 4.58. The number of rotatable bonds is 10. The second-order valence-corrected chi connectivity index (χ2v) is 6.87. The third-order valence-corrected chi connectivity index (χ3v) is 4.58. The number of benzene rings is 2. The molecule has 1 atom stereocenters. The Morgan fingerprint density at radius 1 is 1.00 bits per heavy atom. The minimum atomic E-state index is -0.00343. The number of methoxy groups -OCH3 is 3. The summed E-state index contributed by atoms with van der Waals surface area (Å²) in [7, 11) is 6.59. The predicted octanol–water partition coefficient (Wildman–Crippen LogP) is 3.20. The van der Waals surface area contributed by atoms with E-state index in [4.69, 9.17) is 18.9 Å². The number of nitrogens with zero attached hydrogens (tertiary/aromatic N) is 1. The molecule has 0 aliphatic heterocycles. The van der Waals surface area contributed by atoms with Crippen LogP contribution in [0.3, 0.4) is 0 Å². The van der Waals surface area contributed by atoms with Crippen molar-refractivity contribution >= 4 is 5.96 Å².